The lowest BCUT2D eigenvalue weighted by atomic mass is 10.1. The molecule has 0 saturated carbocycles. The van der Waals surface area contributed by atoms with Crippen LogP contribution in [0, 0.1) is 0 Å². The van der Waals surface area contributed by atoms with Gasteiger partial charge in [-0.15, -0.1) is 0 Å². The minimum Gasteiger partial charge on any atom is -0.497 e. The second kappa shape index (κ2) is 6.56. The van der Waals surface area contributed by atoms with Crippen molar-refractivity contribution in [3.63, 3.8) is 0 Å². The number of ether oxygens (including phenoxy) is 2. The van der Waals surface area contributed by atoms with Gasteiger partial charge in [-0.1, -0.05) is 6.07 Å². The zero-order valence-electron chi connectivity index (χ0n) is 11.2. The molecule has 0 aliphatic rings. The standard InChI is InChI=1S/C15H16N2O3/c1-19-12-5-6-14(16)13(10-12)15(18)20-9-7-11-4-2-3-8-17-11/h2-6,8,10H,7,9,16H2,1H3. The largest absolute Gasteiger partial charge is 0.497 e. The molecule has 2 aromatic rings. The highest BCUT2D eigenvalue weighted by molar-refractivity contribution is 5.95. The summed E-state index contributed by atoms with van der Waals surface area (Å²) in [5.41, 5.74) is 7.31. The third kappa shape index (κ3) is 3.47. The summed E-state index contributed by atoms with van der Waals surface area (Å²) in [5.74, 6) is 0.105. The number of nitrogens with zero attached hydrogens (tertiary/aromatic N) is 1. The lowest BCUT2D eigenvalue weighted by Gasteiger charge is -2.08. The minimum absolute atomic E-state index is 0.256. The van der Waals surface area contributed by atoms with Gasteiger partial charge in [0.2, 0.25) is 0 Å². The second-order valence-corrected chi connectivity index (χ2v) is 4.16. The fourth-order valence-corrected chi connectivity index (χ4v) is 1.71. The van der Waals surface area contributed by atoms with Crippen LogP contribution in [0.1, 0.15) is 16.1 Å². The first kappa shape index (κ1) is 13.9. The monoisotopic (exact) mass is 272 g/mol. The van der Waals surface area contributed by atoms with E-state index in [0.29, 0.717) is 23.4 Å². The predicted octanol–water partition coefficient (Wildman–Crippen LogP) is 2.07. The quantitative estimate of drug-likeness (QED) is 0.666. The van der Waals surface area contributed by atoms with Crippen molar-refractivity contribution in [3.8, 4) is 5.75 Å². The van der Waals surface area contributed by atoms with Gasteiger partial charge in [0, 0.05) is 24.0 Å². The smallest absolute Gasteiger partial charge is 0.340 e. The van der Waals surface area contributed by atoms with Crippen LogP contribution in [0.25, 0.3) is 0 Å². The molecule has 0 amide bonds. The minimum atomic E-state index is -0.461. The van der Waals surface area contributed by atoms with Crippen LogP contribution < -0.4 is 10.5 Å². The van der Waals surface area contributed by atoms with Crippen LogP contribution in [-0.2, 0) is 11.2 Å². The van der Waals surface area contributed by atoms with E-state index in [1.54, 1.807) is 24.4 Å². The summed E-state index contributed by atoms with van der Waals surface area (Å²) in [5, 5.41) is 0. The van der Waals surface area contributed by atoms with Gasteiger partial charge in [0.25, 0.3) is 0 Å². The molecule has 0 radical (unpaired) electrons. The summed E-state index contributed by atoms with van der Waals surface area (Å²) >= 11 is 0. The third-order valence-corrected chi connectivity index (χ3v) is 2.80. The maximum Gasteiger partial charge on any atom is 0.340 e. The van der Waals surface area contributed by atoms with E-state index in [9.17, 15) is 4.79 Å². The number of pyridine rings is 1. The van der Waals surface area contributed by atoms with Gasteiger partial charge in [-0.05, 0) is 30.3 Å². The molecule has 1 aromatic heterocycles. The molecule has 0 aliphatic carbocycles. The zero-order chi connectivity index (χ0) is 14.4. The Bertz CT molecular complexity index is 585. The van der Waals surface area contributed by atoms with Crippen LogP contribution in [0.3, 0.4) is 0 Å². The molecule has 0 aliphatic heterocycles. The summed E-state index contributed by atoms with van der Waals surface area (Å²) in [6.45, 7) is 0.256. The molecule has 2 N–H and O–H groups in total. The van der Waals surface area contributed by atoms with Crippen molar-refractivity contribution in [2.45, 2.75) is 6.42 Å². The molecule has 0 atom stereocenters. The second-order valence-electron chi connectivity index (χ2n) is 4.16. The van der Waals surface area contributed by atoms with Crippen LogP contribution >= 0.6 is 0 Å². The predicted molar refractivity (Wildman–Crippen MR) is 75.6 cm³/mol. The molecule has 5 heteroatoms. The zero-order valence-corrected chi connectivity index (χ0v) is 11.2. The topological polar surface area (TPSA) is 74.4 Å². The lowest BCUT2D eigenvalue weighted by molar-refractivity contribution is 0.0509. The summed E-state index contributed by atoms with van der Waals surface area (Å²) in [6.07, 6.45) is 2.27. The van der Waals surface area contributed by atoms with E-state index in [1.807, 2.05) is 18.2 Å². The van der Waals surface area contributed by atoms with Crippen molar-refractivity contribution >= 4 is 11.7 Å². The molecule has 0 spiro atoms. The van der Waals surface area contributed by atoms with Crippen molar-refractivity contribution in [1.82, 2.24) is 4.98 Å². The summed E-state index contributed by atoms with van der Waals surface area (Å²) in [4.78, 5) is 16.1. The van der Waals surface area contributed by atoms with Gasteiger partial charge in [-0.2, -0.15) is 0 Å². The van der Waals surface area contributed by atoms with Crippen LogP contribution in [-0.4, -0.2) is 24.7 Å². The highest BCUT2D eigenvalue weighted by Gasteiger charge is 2.12. The molecule has 20 heavy (non-hydrogen) atoms. The number of hydrogen-bond acceptors (Lipinski definition) is 5. The number of rotatable bonds is 5. The molecule has 104 valence electrons. The number of benzene rings is 1. The number of carbonyl (C=O) groups is 1. The van der Waals surface area contributed by atoms with Crippen LogP contribution in [0.4, 0.5) is 5.69 Å². The van der Waals surface area contributed by atoms with Crippen LogP contribution in [0.2, 0.25) is 0 Å². The number of hydrogen-bond donors (Lipinski definition) is 1. The molecule has 0 saturated heterocycles. The van der Waals surface area contributed by atoms with Gasteiger partial charge in [-0.25, -0.2) is 4.79 Å². The fraction of sp³-hybridized carbons (Fsp3) is 0.200. The Hall–Kier alpha value is -2.56. The highest BCUT2D eigenvalue weighted by Crippen LogP contribution is 2.20. The van der Waals surface area contributed by atoms with E-state index in [-0.39, 0.29) is 6.61 Å². The average molecular weight is 272 g/mol. The van der Waals surface area contributed by atoms with Gasteiger partial charge in [0.15, 0.2) is 0 Å². The number of nitrogen functional groups attached to an aromatic ring is 1. The fourth-order valence-electron chi connectivity index (χ4n) is 1.71. The van der Waals surface area contributed by atoms with Crippen molar-refractivity contribution in [1.29, 1.82) is 0 Å². The van der Waals surface area contributed by atoms with Gasteiger partial charge >= 0.3 is 5.97 Å². The Morgan fingerprint density at radius 1 is 1.30 bits per heavy atom. The molecule has 0 fully saturated rings. The maximum absolute atomic E-state index is 11.9. The van der Waals surface area contributed by atoms with E-state index in [4.69, 9.17) is 15.2 Å². The highest BCUT2D eigenvalue weighted by atomic mass is 16.5. The normalized spacial score (nSPS) is 10.1. The van der Waals surface area contributed by atoms with Crippen molar-refractivity contribution in [2.75, 3.05) is 19.5 Å². The number of methoxy groups -OCH3 is 1. The number of nitrogens with two attached hydrogens (primary N) is 1. The summed E-state index contributed by atoms with van der Waals surface area (Å²) < 4.78 is 10.3. The Kier molecular flexibility index (Phi) is 4.55. The Morgan fingerprint density at radius 2 is 2.15 bits per heavy atom. The molecule has 1 heterocycles. The first-order chi connectivity index (χ1) is 9.70. The molecule has 1 aromatic carbocycles. The first-order valence-corrected chi connectivity index (χ1v) is 6.21. The SMILES string of the molecule is COc1ccc(N)c(C(=O)OCCc2ccccn2)c1. The van der Waals surface area contributed by atoms with Crippen molar-refractivity contribution in [2.24, 2.45) is 0 Å². The van der Waals surface area contributed by atoms with Gasteiger partial charge in [-0.3, -0.25) is 4.98 Å². The van der Waals surface area contributed by atoms with E-state index in [0.717, 1.165) is 5.69 Å². The van der Waals surface area contributed by atoms with Crippen LogP contribution in [0.15, 0.2) is 42.6 Å². The number of carbonyl (C=O) groups excluding carboxylic acids is 1. The molecule has 0 unspecified atom stereocenters. The molecular weight excluding hydrogens is 256 g/mol. The summed E-state index contributed by atoms with van der Waals surface area (Å²) in [6, 6.07) is 10.5. The van der Waals surface area contributed by atoms with Gasteiger partial charge < -0.3 is 15.2 Å². The Labute approximate surface area is 117 Å². The third-order valence-electron chi connectivity index (χ3n) is 2.80. The number of esters is 1. The van der Waals surface area contributed by atoms with E-state index in [1.165, 1.54) is 7.11 Å². The molecule has 2 rings (SSSR count). The van der Waals surface area contributed by atoms with Crippen LogP contribution in [0.5, 0.6) is 5.75 Å². The Balaban J connectivity index is 1.95. The molecule has 5 nitrogen and oxygen atoms in total. The number of anilines is 1. The van der Waals surface area contributed by atoms with E-state index in [2.05, 4.69) is 4.98 Å². The van der Waals surface area contributed by atoms with Crippen molar-refractivity contribution in [3.05, 3.63) is 53.9 Å². The lowest BCUT2D eigenvalue weighted by Crippen LogP contribution is -2.11. The van der Waals surface area contributed by atoms with E-state index < -0.39 is 5.97 Å². The summed E-state index contributed by atoms with van der Waals surface area (Å²) in [7, 11) is 1.53. The average Bonchev–Trinajstić information content (AvgIpc) is 2.48. The van der Waals surface area contributed by atoms with E-state index >= 15 is 0 Å². The molecule has 0 bridgehead atoms. The first-order valence-electron chi connectivity index (χ1n) is 6.21. The number of aromatic nitrogens is 1. The maximum atomic E-state index is 11.9. The Morgan fingerprint density at radius 3 is 2.85 bits per heavy atom. The van der Waals surface area contributed by atoms with Crippen molar-refractivity contribution < 1.29 is 14.3 Å². The molecular formula is C15H16N2O3. The van der Waals surface area contributed by atoms with Gasteiger partial charge in [0.1, 0.15) is 5.75 Å². The van der Waals surface area contributed by atoms with Gasteiger partial charge in [0.05, 0.1) is 19.3 Å².